The van der Waals surface area contributed by atoms with Gasteiger partial charge in [0.15, 0.2) is 0 Å². The number of nitrogens with zero attached hydrogens (tertiary/aromatic N) is 1. The van der Waals surface area contributed by atoms with Crippen LogP contribution in [0, 0.1) is 5.82 Å². The number of benzene rings is 1. The highest BCUT2D eigenvalue weighted by Gasteiger charge is 2.18. The Morgan fingerprint density at radius 3 is 2.74 bits per heavy atom. The monoisotopic (exact) mass is 334 g/mol. The highest BCUT2D eigenvalue weighted by molar-refractivity contribution is 6.76. The molecule has 0 spiro atoms. The standard InChI is InChI=1S/C17H23FN2O2Si/c1-23(2,3)10-9-22-12-20-8-4-5-16(20)17(21)14-11-13(19)6-7-15(14)18/h4-8,11H,9-10,12,19H2,1-3H3. The first-order chi connectivity index (χ1) is 10.8. The summed E-state index contributed by atoms with van der Waals surface area (Å²) in [5.74, 6) is -0.967. The van der Waals surface area contributed by atoms with Crippen molar-refractivity contribution in [3.63, 3.8) is 0 Å². The van der Waals surface area contributed by atoms with Gasteiger partial charge in [-0.2, -0.15) is 0 Å². The minimum absolute atomic E-state index is 0.0213. The zero-order chi connectivity index (χ0) is 17.0. The zero-order valence-electron chi connectivity index (χ0n) is 13.8. The minimum Gasteiger partial charge on any atom is -0.399 e. The molecule has 0 fully saturated rings. The number of nitrogens with two attached hydrogens (primary N) is 1. The van der Waals surface area contributed by atoms with E-state index in [0.29, 0.717) is 18.0 Å². The second-order valence-corrected chi connectivity index (χ2v) is 12.4. The Bertz CT molecular complexity index is 692. The number of hydrogen-bond acceptors (Lipinski definition) is 3. The summed E-state index contributed by atoms with van der Waals surface area (Å²) in [6.45, 7) is 7.79. The molecule has 1 aromatic heterocycles. The van der Waals surface area contributed by atoms with E-state index in [1.54, 1.807) is 22.9 Å². The molecule has 1 aromatic carbocycles. The van der Waals surface area contributed by atoms with E-state index >= 15 is 0 Å². The lowest BCUT2D eigenvalue weighted by Crippen LogP contribution is -2.22. The molecule has 0 unspecified atom stereocenters. The van der Waals surface area contributed by atoms with Crippen LogP contribution in [0.25, 0.3) is 0 Å². The van der Waals surface area contributed by atoms with Gasteiger partial charge in [-0.05, 0) is 36.4 Å². The molecule has 6 heteroatoms. The third-order valence-electron chi connectivity index (χ3n) is 3.52. The number of nitrogen functional groups attached to an aromatic ring is 1. The number of carbonyl (C=O) groups excluding carboxylic acids is 1. The first-order valence-electron chi connectivity index (χ1n) is 7.60. The Labute approximate surface area is 137 Å². The van der Waals surface area contributed by atoms with Crippen LogP contribution in [0.2, 0.25) is 25.7 Å². The van der Waals surface area contributed by atoms with E-state index in [2.05, 4.69) is 19.6 Å². The van der Waals surface area contributed by atoms with Crippen LogP contribution in [0.3, 0.4) is 0 Å². The molecular weight excluding hydrogens is 311 g/mol. The van der Waals surface area contributed by atoms with Crippen molar-refractivity contribution in [2.75, 3.05) is 12.3 Å². The fraction of sp³-hybridized carbons (Fsp3) is 0.353. The lowest BCUT2D eigenvalue weighted by molar-refractivity contribution is 0.0818. The average Bonchev–Trinajstić information content (AvgIpc) is 2.93. The summed E-state index contributed by atoms with van der Waals surface area (Å²) >= 11 is 0. The summed E-state index contributed by atoms with van der Waals surface area (Å²) in [4.78, 5) is 12.5. The maximum absolute atomic E-state index is 13.9. The Hall–Kier alpha value is -1.92. The number of carbonyl (C=O) groups is 1. The first kappa shape index (κ1) is 17.4. The van der Waals surface area contributed by atoms with Crippen molar-refractivity contribution in [1.29, 1.82) is 0 Å². The van der Waals surface area contributed by atoms with E-state index in [4.69, 9.17) is 10.5 Å². The molecule has 23 heavy (non-hydrogen) atoms. The number of aromatic nitrogens is 1. The van der Waals surface area contributed by atoms with Crippen LogP contribution in [-0.4, -0.2) is 25.0 Å². The Morgan fingerprint density at radius 2 is 2.04 bits per heavy atom. The van der Waals surface area contributed by atoms with Crippen LogP contribution in [0.4, 0.5) is 10.1 Å². The lowest BCUT2D eigenvalue weighted by Gasteiger charge is -2.16. The number of anilines is 1. The van der Waals surface area contributed by atoms with E-state index in [-0.39, 0.29) is 12.3 Å². The molecule has 0 bridgehead atoms. The predicted molar refractivity (Wildman–Crippen MR) is 92.8 cm³/mol. The number of halogens is 1. The molecule has 0 aliphatic carbocycles. The SMILES string of the molecule is C[Si](C)(C)CCOCn1cccc1C(=O)c1cc(N)ccc1F. The topological polar surface area (TPSA) is 57.2 Å². The van der Waals surface area contributed by atoms with E-state index in [1.165, 1.54) is 18.2 Å². The van der Waals surface area contributed by atoms with Crippen molar-refractivity contribution in [1.82, 2.24) is 4.57 Å². The third-order valence-corrected chi connectivity index (χ3v) is 5.23. The van der Waals surface area contributed by atoms with Crippen LogP contribution >= 0.6 is 0 Å². The van der Waals surface area contributed by atoms with Crippen molar-refractivity contribution >= 4 is 19.5 Å². The highest BCUT2D eigenvalue weighted by atomic mass is 28.3. The van der Waals surface area contributed by atoms with Crippen LogP contribution < -0.4 is 5.73 Å². The van der Waals surface area contributed by atoms with Gasteiger partial charge in [-0.3, -0.25) is 4.79 Å². The van der Waals surface area contributed by atoms with Gasteiger partial charge >= 0.3 is 0 Å². The fourth-order valence-electron chi connectivity index (χ4n) is 2.13. The Kier molecular flexibility index (Phi) is 5.38. The van der Waals surface area contributed by atoms with Crippen LogP contribution in [-0.2, 0) is 11.5 Å². The van der Waals surface area contributed by atoms with Crippen LogP contribution in [0.1, 0.15) is 16.1 Å². The molecule has 0 atom stereocenters. The summed E-state index contributed by atoms with van der Waals surface area (Å²) in [6, 6.07) is 8.47. The summed E-state index contributed by atoms with van der Waals surface area (Å²) in [6.07, 6.45) is 1.76. The van der Waals surface area contributed by atoms with E-state index < -0.39 is 19.7 Å². The zero-order valence-corrected chi connectivity index (χ0v) is 14.8. The van der Waals surface area contributed by atoms with Crippen LogP contribution in [0.15, 0.2) is 36.5 Å². The molecule has 2 rings (SSSR count). The maximum Gasteiger partial charge on any atom is 0.212 e. The van der Waals surface area contributed by atoms with E-state index in [0.717, 1.165) is 6.04 Å². The van der Waals surface area contributed by atoms with Crippen molar-refractivity contribution in [2.24, 2.45) is 0 Å². The molecule has 0 amide bonds. The Balaban J connectivity index is 2.08. The summed E-state index contributed by atoms with van der Waals surface area (Å²) < 4.78 is 21.2. The molecule has 0 radical (unpaired) electrons. The van der Waals surface area contributed by atoms with Gasteiger partial charge < -0.3 is 15.0 Å². The molecule has 0 aliphatic rings. The van der Waals surface area contributed by atoms with Gasteiger partial charge in [-0.1, -0.05) is 19.6 Å². The second-order valence-electron chi connectivity index (χ2n) is 6.78. The molecule has 4 nitrogen and oxygen atoms in total. The molecule has 0 saturated heterocycles. The third kappa shape index (κ3) is 4.77. The largest absolute Gasteiger partial charge is 0.399 e. The molecule has 2 aromatic rings. The van der Waals surface area contributed by atoms with Gasteiger partial charge in [-0.15, -0.1) is 0 Å². The van der Waals surface area contributed by atoms with Crippen molar-refractivity contribution in [2.45, 2.75) is 32.4 Å². The van der Waals surface area contributed by atoms with Crippen molar-refractivity contribution in [3.05, 3.63) is 53.6 Å². The first-order valence-corrected chi connectivity index (χ1v) is 11.3. The van der Waals surface area contributed by atoms with Gasteiger partial charge in [0.25, 0.3) is 0 Å². The quantitative estimate of drug-likeness (QED) is 0.363. The van der Waals surface area contributed by atoms with Gasteiger partial charge in [0.1, 0.15) is 12.5 Å². The smallest absolute Gasteiger partial charge is 0.212 e. The highest BCUT2D eigenvalue weighted by Crippen LogP contribution is 2.17. The fourth-order valence-corrected chi connectivity index (χ4v) is 2.89. The normalized spacial score (nSPS) is 11.7. The molecular formula is C17H23FN2O2Si. The average molecular weight is 334 g/mol. The maximum atomic E-state index is 13.9. The lowest BCUT2D eigenvalue weighted by atomic mass is 10.1. The Morgan fingerprint density at radius 1 is 1.30 bits per heavy atom. The summed E-state index contributed by atoms with van der Waals surface area (Å²) in [5, 5.41) is 0. The van der Waals surface area contributed by atoms with Crippen molar-refractivity contribution < 1.29 is 13.9 Å². The second kappa shape index (κ2) is 7.10. The molecule has 0 aliphatic heterocycles. The van der Waals surface area contributed by atoms with E-state index in [9.17, 15) is 9.18 Å². The number of hydrogen-bond donors (Lipinski definition) is 1. The summed E-state index contributed by atoms with van der Waals surface area (Å²) in [7, 11) is -1.15. The van der Waals surface area contributed by atoms with Gasteiger partial charge in [0, 0.05) is 26.6 Å². The molecule has 2 N–H and O–H groups in total. The molecule has 1 heterocycles. The van der Waals surface area contributed by atoms with Gasteiger partial charge in [0.05, 0.1) is 11.3 Å². The number of ether oxygens (including phenoxy) is 1. The number of rotatable bonds is 7. The van der Waals surface area contributed by atoms with Gasteiger partial charge in [-0.25, -0.2) is 4.39 Å². The van der Waals surface area contributed by atoms with Crippen molar-refractivity contribution in [3.8, 4) is 0 Å². The summed E-state index contributed by atoms with van der Waals surface area (Å²) in [5.41, 5.74) is 6.38. The number of ketones is 1. The molecule has 124 valence electrons. The minimum atomic E-state index is -1.15. The van der Waals surface area contributed by atoms with Gasteiger partial charge in [0.2, 0.25) is 5.78 Å². The van der Waals surface area contributed by atoms with Crippen LogP contribution in [0.5, 0.6) is 0 Å². The van der Waals surface area contributed by atoms with E-state index in [1.807, 2.05) is 0 Å². The predicted octanol–water partition coefficient (Wildman–Crippen LogP) is 3.75. The molecule has 0 saturated carbocycles.